The van der Waals surface area contributed by atoms with E-state index in [1.165, 1.54) is 16.8 Å². The molecule has 0 saturated heterocycles. The van der Waals surface area contributed by atoms with E-state index >= 15 is 0 Å². The Morgan fingerprint density at radius 2 is 2.12 bits per heavy atom. The molecule has 0 unspecified atom stereocenters. The Morgan fingerprint density at radius 3 is 2.79 bits per heavy atom. The van der Waals surface area contributed by atoms with Crippen LogP contribution < -0.4 is 11.2 Å². The molecule has 0 saturated carbocycles. The van der Waals surface area contributed by atoms with Crippen LogP contribution in [-0.2, 0) is 17.8 Å². The zero-order chi connectivity index (χ0) is 17.7. The van der Waals surface area contributed by atoms with Gasteiger partial charge in [0.25, 0.3) is 5.56 Å². The molecule has 2 aromatic heterocycles. The molecule has 0 aliphatic rings. The minimum Gasteiger partial charge on any atom is -0.343 e. The Labute approximate surface area is 140 Å². The van der Waals surface area contributed by atoms with Crippen LogP contribution in [0, 0.1) is 6.92 Å². The monoisotopic (exact) mass is 330 g/mol. The van der Waals surface area contributed by atoms with Crippen molar-refractivity contribution in [2.24, 2.45) is 0 Å². The van der Waals surface area contributed by atoms with Gasteiger partial charge in [-0.15, -0.1) is 0 Å². The summed E-state index contributed by atoms with van der Waals surface area (Å²) in [4.78, 5) is 43.2. The lowest BCUT2D eigenvalue weighted by Crippen LogP contribution is -2.38. The van der Waals surface area contributed by atoms with Crippen LogP contribution >= 0.6 is 0 Å². The van der Waals surface area contributed by atoms with Gasteiger partial charge in [0.1, 0.15) is 0 Å². The van der Waals surface area contributed by atoms with Gasteiger partial charge in [-0.05, 0) is 25.5 Å². The van der Waals surface area contributed by atoms with Gasteiger partial charge in [-0.1, -0.05) is 6.07 Å². The fourth-order valence-electron chi connectivity index (χ4n) is 2.41. The first-order chi connectivity index (χ1) is 11.4. The molecule has 0 spiro atoms. The molecule has 0 fully saturated rings. The summed E-state index contributed by atoms with van der Waals surface area (Å²) in [6.45, 7) is 4.20. The molecule has 24 heavy (non-hydrogen) atoms. The van der Waals surface area contributed by atoms with Crippen molar-refractivity contribution in [2.45, 2.75) is 39.3 Å². The predicted octanol–water partition coefficient (Wildman–Crippen LogP) is 0.720. The minimum absolute atomic E-state index is 0.00148. The van der Waals surface area contributed by atoms with E-state index in [-0.39, 0.29) is 24.9 Å². The Balaban J connectivity index is 1.95. The normalized spacial score (nSPS) is 12.0. The van der Waals surface area contributed by atoms with E-state index in [2.05, 4.69) is 9.97 Å². The van der Waals surface area contributed by atoms with Gasteiger partial charge in [0, 0.05) is 56.6 Å². The maximum absolute atomic E-state index is 12.3. The third kappa shape index (κ3) is 4.41. The summed E-state index contributed by atoms with van der Waals surface area (Å²) >= 11 is 0. The van der Waals surface area contributed by atoms with E-state index in [1.54, 1.807) is 18.1 Å². The summed E-state index contributed by atoms with van der Waals surface area (Å²) in [5, 5.41) is 0. The molecule has 1 amide bonds. The first-order valence-corrected chi connectivity index (χ1v) is 7.84. The molecule has 2 heterocycles. The van der Waals surface area contributed by atoms with Crippen molar-refractivity contribution in [1.29, 1.82) is 0 Å². The maximum atomic E-state index is 12.3. The van der Waals surface area contributed by atoms with Crippen LogP contribution in [-0.4, -0.2) is 38.4 Å². The number of nitrogens with zero attached hydrogens (tertiary/aromatic N) is 3. The number of carbonyl (C=O) groups is 1. The SMILES string of the molecule is Cc1cccnc1C[C@@H](C)N(C)C(=O)CCn1ccc(=O)[nH]c1=O. The fourth-order valence-corrected chi connectivity index (χ4v) is 2.41. The highest BCUT2D eigenvalue weighted by Crippen LogP contribution is 2.10. The Morgan fingerprint density at radius 1 is 1.38 bits per heavy atom. The van der Waals surface area contributed by atoms with E-state index in [0.717, 1.165) is 11.3 Å². The van der Waals surface area contributed by atoms with Crippen molar-refractivity contribution in [3.63, 3.8) is 0 Å². The molecule has 0 aliphatic heterocycles. The van der Waals surface area contributed by atoms with Crippen LogP contribution in [0.25, 0.3) is 0 Å². The first-order valence-electron chi connectivity index (χ1n) is 7.84. The molecule has 1 N–H and O–H groups in total. The summed E-state index contributed by atoms with van der Waals surface area (Å²) in [6.07, 6.45) is 4.01. The van der Waals surface area contributed by atoms with Crippen LogP contribution in [0.2, 0.25) is 0 Å². The predicted molar refractivity (Wildman–Crippen MR) is 90.8 cm³/mol. The molecular weight excluding hydrogens is 308 g/mol. The summed E-state index contributed by atoms with van der Waals surface area (Å²) in [7, 11) is 1.75. The second kappa shape index (κ2) is 7.72. The fraction of sp³-hybridized carbons (Fsp3) is 0.412. The zero-order valence-corrected chi connectivity index (χ0v) is 14.2. The highest BCUT2D eigenvalue weighted by Gasteiger charge is 2.17. The number of aryl methyl sites for hydroxylation is 2. The lowest BCUT2D eigenvalue weighted by molar-refractivity contribution is -0.131. The third-order valence-corrected chi connectivity index (χ3v) is 4.12. The van der Waals surface area contributed by atoms with Gasteiger partial charge in [0.15, 0.2) is 0 Å². The number of hydrogen-bond donors (Lipinski definition) is 1. The van der Waals surface area contributed by atoms with Crippen LogP contribution in [0.15, 0.2) is 40.2 Å². The second-order valence-electron chi connectivity index (χ2n) is 5.88. The molecule has 0 bridgehead atoms. The average Bonchev–Trinajstić information content (AvgIpc) is 2.55. The van der Waals surface area contributed by atoms with Gasteiger partial charge in [-0.2, -0.15) is 0 Å². The lowest BCUT2D eigenvalue weighted by Gasteiger charge is -2.25. The number of aromatic amines is 1. The summed E-state index contributed by atoms with van der Waals surface area (Å²) in [6, 6.07) is 5.15. The molecule has 7 heteroatoms. The van der Waals surface area contributed by atoms with E-state index < -0.39 is 11.2 Å². The van der Waals surface area contributed by atoms with Crippen molar-refractivity contribution in [2.75, 3.05) is 7.05 Å². The van der Waals surface area contributed by atoms with E-state index in [4.69, 9.17) is 0 Å². The smallest absolute Gasteiger partial charge is 0.328 e. The van der Waals surface area contributed by atoms with E-state index in [0.29, 0.717) is 6.42 Å². The topological polar surface area (TPSA) is 88.1 Å². The van der Waals surface area contributed by atoms with Crippen LogP contribution in [0.4, 0.5) is 0 Å². The molecular formula is C17H22N4O3. The Bertz CT molecular complexity index is 825. The highest BCUT2D eigenvalue weighted by molar-refractivity contribution is 5.76. The standard InChI is InChI=1S/C17H22N4O3/c1-12-5-4-8-18-14(12)11-13(2)20(3)16(23)7-10-21-9-6-15(22)19-17(21)24/h4-6,8-9,13H,7,10-11H2,1-3H3,(H,19,22,24)/t13-/m1/s1. The van der Waals surface area contributed by atoms with Gasteiger partial charge in [-0.3, -0.25) is 19.6 Å². The van der Waals surface area contributed by atoms with Crippen molar-refractivity contribution < 1.29 is 4.79 Å². The second-order valence-corrected chi connectivity index (χ2v) is 5.88. The van der Waals surface area contributed by atoms with Gasteiger partial charge >= 0.3 is 5.69 Å². The van der Waals surface area contributed by atoms with Crippen molar-refractivity contribution in [3.8, 4) is 0 Å². The highest BCUT2D eigenvalue weighted by atomic mass is 16.2. The van der Waals surface area contributed by atoms with Crippen LogP contribution in [0.5, 0.6) is 0 Å². The van der Waals surface area contributed by atoms with Crippen LogP contribution in [0.1, 0.15) is 24.6 Å². The van der Waals surface area contributed by atoms with E-state index in [1.807, 2.05) is 26.0 Å². The first kappa shape index (κ1) is 17.7. The molecule has 0 aliphatic carbocycles. The summed E-state index contributed by atoms with van der Waals surface area (Å²) in [5.41, 5.74) is 1.13. The molecule has 2 aromatic rings. The van der Waals surface area contributed by atoms with Crippen LogP contribution in [0.3, 0.4) is 0 Å². The number of carbonyl (C=O) groups excluding carboxylic acids is 1. The Kier molecular flexibility index (Phi) is 5.68. The van der Waals surface area contributed by atoms with Gasteiger partial charge in [0.05, 0.1) is 0 Å². The quantitative estimate of drug-likeness (QED) is 0.845. The molecule has 2 rings (SSSR count). The summed E-state index contributed by atoms with van der Waals surface area (Å²) in [5.74, 6) is -0.0609. The third-order valence-electron chi connectivity index (χ3n) is 4.12. The number of H-pyrrole nitrogens is 1. The minimum atomic E-state index is -0.505. The zero-order valence-electron chi connectivity index (χ0n) is 14.2. The average molecular weight is 330 g/mol. The largest absolute Gasteiger partial charge is 0.343 e. The van der Waals surface area contributed by atoms with E-state index in [9.17, 15) is 14.4 Å². The molecule has 0 aromatic carbocycles. The van der Waals surface area contributed by atoms with Crippen molar-refractivity contribution in [1.82, 2.24) is 19.4 Å². The number of amides is 1. The molecule has 0 radical (unpaired) electrons. The lowest BCUT2D eigenvalue weighted by atomic mass is 10.1. The molecule has 1 atom stereocenters. The van der Waals surface area contributed by atoms with Gasteiger partial charge in [-0.25, -0.2) is 4.79 Å². The molecule has 7 nitrogen and oxygen atoms in total. The van der Waals surface area contributed by atoms with Crippen molar-refractivity contribution >= 4 is 5.91 Å². The number of rotatable bonds is 6. The van der Waals surface area contributed by atoms with Gasteiger partial charge in [0.2, 0.25) is 5.91 Å². The maximum Gasteiger partial charge on any atom is 0.328 e. The number of hydrogen-bond acceptors (Lipinski definition) is 4. The Hall–Kier alpha value is -2.70. The number of likely N-dealkylation sites (N-methyl/N-ethyl adjacent to an activating group) is 1. The number of pyridine rings is 1. The van der Waals surface area contributed by atoms with Gasteiger partial charge < -0.3 is 9.47 Å². The number of nitrogens with one attached hydrogen (secondary N) is 1. The summed E-state index contributed by atoms with van der Waals surface area (Å²) < 4.78 is 1.32. The number of aromatic nitrogens is 3. The van der Waals surface area contributed by atoms with Crippen molar-refractivity contribution in [3.05, 3.63) is 62.7 Å². The molecule has 128 valence electrons.